The van der Waals surface area contributed by atoms with Crippen LogP contribution in [-0.2, 0) is 17.8 Å². The van der Waals surface area contributed by atoms with Gasteiger partial charge in [0.15, 0.2) is 5.16 Å². The SMILES string of the molecule is CCCSc1nc(N)c2c(n1)N(Cc1ccc(Cl)nc1)C(=O)C2. The van der Waals surface area contributed by atoms with Gasteiger partial charge in [0.25, 0.3) is 0 Å². The van der Waals surface area contributed by atoms with Crippen LogP contribution in [0.4, 0.5) is 11.6 Å². The summed E-state index contributed by atoms with van der Waals surface area (Å²) >= 11 is 7.34. The first kappa shape index (κ1) is 16.0. The van der Waals surface area contributed by atoms with Crippen LogP contribution in [0, 0.1) is 0 Å². The fourth-order valence-corrected chi connectivity index (χ4v) is 3.14. The molecule has 1 amide bonds. The van der Waals surface area contributed by atoms with E-state index < -0.39 is 0 Å². The van der Waals surface area contributed by atoms with Gasteiger partial charge in [0, 0.05) is 17.5 Å². The minimum absolute atomic E-state index is 0.0337. The number of pyridine rings is 1. The van der Waals surface area contributed by atoms with Gasteiger partial charge in [-0.25, -0.2) is 15.0 Å². The zero-order valence-corrected chi connectivity index (χ0v) is 14.2. The van der Waals surface area contributed by atoms with Crippen molar-refractivity contribution in [1.82, 2.24) is 15.0 Å². The van der Waals surface area contributed by atoms with E-state index in [1.54, 1.807) is 28.9 Å². The van der Waals surface area contributed by atoms with Crippen molar-refractivity contribution in [1.29, 1.82) is 0 Å². The number of rotatable bonds is 5. The second-order valence-electron chi connectivity index (χ2n) is 5.19. The standard InChI is InChI=1S/C15H16ClN5OS/c1-2-5-23-15-19-13(17)10-6-12(22)21(14(10)20-15)8-9-3-4-11(16)18-7-9/h3-4,7H,2,5-6,8H2,1H3,(H2,17,19,20). The Morgan fingerprint density at radius 3 is 2.91 bits per heavy atom. The average Bonchev–Trinajstić information content (AvgIpc) is 2.84. The number of aromatic nitrogens is 3. The molecule has 0 bridgehead atoms. The smallest absolute Gasteiger partial charge is 0.233 e. The van der Waals surface area contributed by atoms with Crippen LogP contribution in [0.3, 0.4) is 0 Å². The van der Waals surface area contributed by atoms with Crippen molar-refractivity contribution in [2.75, 3.05) is 16.4 Å². The number of nitrogens with zero attached hydrogens (tertiary/aromatic N) is 4. The number of nitrogens with two attached hydrogens (primary N) is 1. The minimum Gasteiger partial charge on any atom is -0.383 e. The molecular weight excluding hydrogens is 334 g/mol. The predicted molar refractivity (Wildman–Crippen MR) is 91.6 cm³/mol. The maximum Gasteiger partial charge on any atom is 0.233 e. The number of carbonyl (C=O) groups is 1. The molecule has 0 saturated heterocycles. The fraction of sp³-hybridized carbons (Fsp3) is 0.333. The highest BCUT2D eigenvalue weighted by Crippen LogP contribution is 2.33. The van der Waals surface area contributed by atoms with E-state index in [1.165, 1.54) is 0 Å². The Hall–Kier alpha value is -1.86. The summed E-state index contributed by atoms with van der Waals surface area (Å²) in [5.74, 6) is 1.87. The van der Waals surface area contributed by atoms with E-state index in [0.717, 1.165) is 17.7 Å². The molecule has 0 unspecified atom stereocenters. The molecule has 120 valence electrons. The first-order chi connectivity index (χ1) is 11.1. The molecular formula is C15H16ClN5OS. The Morgan fingerprint density at radius 2 is 2.22 bits per heavy atom. The highest BCUT2D eigenvalue weighted by molar-refractivity contribution is 7.99. The van der Waals surface area contributed by atoms with Gasteiger partial charge < -0.3 is 5.73 Å². The normalized spacial score (nSPS) is 13.5. The van der Waals surface area contributed by atoms with E-state index in [1.807, 2.05) is 6.07 Å². The van der Waals surface area contributed by atoms with Gasteiger partial charge in [-0.1, -0.05) is 36.4 Å². The second-order valence-corrected chi connectivity index (χ2v) is 6.64. The molecule has 3 rings (SSSR count). The summed E-state index contributed by atoms with van der Waals surface area (Å²) in [6.07, 6.45) is 2.91. The zero-order valence-electron chi connectivity index (χ0n) is 12.6. The lowest BCUT2D eigenvalue weighted by atomic mass is 10.2. The molecule has 0 saturated carbocycles. The van der Waals surface area contributed by atoms with Gasteiger partial charge in [-0.15, -0.1) is 0 Å². The summed E-state index contributed by atoms with van der Waals surface area (Å²) in [5, 5.41) is 1.03. The Balaban J connectivity index is 1.90. The van der Waals surface area contributed by atoms with Crippen LogP contribution < -0.4 is 10.6 Å². The van der Waals surface area contributed by atoms with E-state index in [4.69, 9.17) is 17.3 Å². The summed E-state index contributed by atoms with van der Waals surface area (Å²) in [4.78, 5) is 26.8. The number of hydrogen-bond acceptors (Lipinski definition) is 6. The molecule has 0 atom stereocenters. The summed E-state index contributed by atoms with van der Waals surface area (Å²) in [6, 6.07) is 3.55. The first-order valence-electron chi connectivity index (χ1n) is 7.28. The molecule has 3 heterocycles. The zero-order chi connectivity index (χ0) is 16.4. The molecule has 0 spiro atoms. The van der Waals surface area contributed by atoms with E-state index in [-0.39, 0.29) is 12.3 Å². The van der Waals surface area contributed by atoms with Gasteiger partial charge >= 0.3 is 0 Å². The molecule has 8 heteroatoms. The van der Waals surface area contributed by atoms with Gasteiger partial charge in [-0.2, -0.15) is 0 Å². The Labute approximate surface area is 143 Å². The number of halogens is 1. The van der Waals surface area contributed by atoms with Crippen molar-refractivity contribution in [3.05, 3.63) is 34.6 Å². The number of anilines is 2. The Kier molecular flexibility index (Phi) is 4.68. The van der Waals surface area contributed by atoms with Crippen LogP contribution in [0.1, 0.15) is 24.5 Å². The molecule has 1 aliphatic heterocycles. The van der Waals surface area contributed by atoms with Crippen LogP contribution in [0.25, 0.3) is 0 Å². The number of nitrogen functional groups attached to an aromatic ring is 1. The van der Waals surface area contributed by atoms with Crippen molar-refractivity contribution in [3.63, 3.8) is 0 Å². The first-order valence-corrected chi connectivity index (χ1v) is 8.64. The third kappa shape index (κ3) is 3.40. The molecule has 2 aromatic rings. The van der Waals surface area contributed by atoms with Crippen molar-refractivity contribution >= 4 is 40.9 Å². The van der Waals surface area contributed by atoms with E-state index in [0.29, 0.717) is 34.1 Å². The number of fused-ring (bicyclic) bond motifs is 1. The van der Waals surface area contributed by atoms with Crippen LogP contribution in [0.5, 0.6) is 0 Å². The summed E-state index contributed by atoms with van der Waals surface area (Å²) < 4.78 is 0. The van der Waals surface area contributed by atoms with Crippen molar-refractivity contribution in [2.24, 2.45) is 0 Å². The second kappa shape index (κ2) is 6.72. The number of carbonyl (C=O) groups excluding carboxylic acids is 1. The monoisotopic (exact) mass is 349 g/mol. The van der Waals surface area contributed by atoms with E-state index in [9.17, 15) is 4.79 Å². The molecule has 0 aliphatic carbocycles. The largest absolute Gasteiger partial charge is 0.383 e. The lowest BCUT2D eigenvalue weighted by Crippen LogP contribution is -2.26. The summed E-state index contributed by atoms with van der Waals surface area (Å²) in [7, 11) is 0. The van der Waals surface area contributed by atoms with Gasteiger partial charge in [-0.05, 0) is 18.1 Å². The van der Waals surface area contributed by atoms with Gasteiger partial charge in [0.05, 0.1) is 13.0 Å². The van der Waals surface area contributed by atoms with Crippen molar-refractivity contribution in [3.8, 4) is 0 Å². The van der Waals surface area contributed by atoms with Crippen molar-refractivity contribution in [2.45, 2.75) is 31.5 Å². The summed E-state index contributed by atoms with van der Waals surface area (Å²) in [5.41, 5.74) is 7.60. The van der Waals surface area contributed by atoms with Crippen LogP contribution in [-0.4, -0.2) is 26.6 Å². The topological polar surface area (TPSA) is 85.0 Å². The fourth-order valence-electron chi connectivity index (χ4n) is 2.33. The van der Waals surface area contributed by atoms with Crippen LogP contribution in [0.2, 0.25) is 5.15 Å². The predicted octanol–water partition coefficient (Wildman–Crippen LogP) is 2.70. The lowest BCUT2D eigenvalue weighted by Gasteiger charge is -2.17. The molecule has 23 heavy (non-hydrogen) atoms. The quantitative estimate of drug-likeness (QED) is 0.507. The van der Waals surface area contributed by atoms with Gasteiger partial charge in [0.2, 0.25) is 5.91 Å². The minimum atomic E-state index is -0.0337. The molecule has 0 radical (unpaired) electrons. The van der Waals surface area contributed by atoms with Gasteiger partial charge in [0.1, 0.15) is 16.8 Å². The van der Waals surface area contributed by atoms with Crippen LogP contribution >= 0.6 is 23.4 Å². The maximum absolute atomic E-state index is 12.3. The maximum atomic E-state index is 12.3. The highest BCUT2D eigenvalue weighted by Gasteiger charge is 2.32. The molecule has 6 nitrogen and oxygen atoms in total. The molecule has 0 aromatic carbocycles. The molecule has 2 aromatic heterocycles. The van der Waals surface area contributed by atoms with E-state index >= 15 is 0 Å². The van der Waals surface area contributed by atoms with Crippen LogP contribution in [0.15, 0.2) is 23.5 Å². The number of amides is 1. The Morgan fingerprint density at radius 1 is 1.39 bits per heavy atom. The van der Waals surface area contributed by atoms with E-state index in [2.05, 4.69) is 21.9 Å². The number of thioether (sulfide) groups is 1. The highest BCUT2D eigenvalue weighted by atomic mass is 35.5. The number of hydrogen-bond donors (Lipinski definition) is 1. The molecule has 1 aliphatic rings. The molecule has 2 N–H and O–H groups in total. The lowest BCUT2D eigenvalue weighted by molar-refractivity contribution is -0.117. The van der Waals surface area contributed by atoms with Gasteiger partial charge in [-0.3, -0.25) is 9.69 Å². The average molecular weight is 350 g/mol. The van der Waals surface area contributed by atoms with Crippen molar-refractivity contribution < 1.29 is 4.79 Å². The summed E-state index contributed by atoms with van der Waals surface area (Å²) in [6.45, 7) is 2.48. The molecule has 0 fully saturated rings. The third-order valence-electron chi connectivity index (χ3n) is 3.45. The third-order valence-corrected chi connectivity index (χ3v) is 4.72. The Bertz CT molecular complexity index is 737.